The van der Waals surface area contributed by atoms with E-state index in [2.05, 4.69) is 0 Å². The molecule has 1 aromatic carbocycles. The van der Waals surface area contributed by atoms with Crippen molar-refractivity contribution in [3.8, 4) is 11.5 Å². The van der Waals surface area contributed by atoms with E-state index in [1.807, 2.05) is 0 Å². The number of nitro benzene ring substituents is 2. The number of halogens is 1. The number of amides is 1. The fourth-order valence-electron chi connectivity index (χ4n) is 2.73. The SMILES string of the molecule is O=CN1CCOC(c2sc3c([N+](=O)[O-])c(O)c(O)c([N+](=O)[O-])c3c2Cl)C1. The zero-order valence-electron chi connectivity index (χ0n) is 12.7. The molecule has 1 unspecified atom stereocenters. The van der Waals surface area contributed by atoms with E-state index in [9.17, 15) is 35.2 Å². The van der Waals surface area contributed by atoms with E-state index >= 15 is 0 Å². The molecule has 11 nitrogen and oxygen atoms in total. The van der Waals surface area contributed by atoms with Crippen LogP contribution in [0.1, 0.15) is 11.0 Å². The third-order valence-electron chi connectivity index (χ3n) is 3.90. The molecule has 1 amide bonds. The summed E-state index contributed by atoms with van der Waals surface area (Å²) in [5, 5.41) is 41.8. The first-order valence-corrected chi connectivity index (χ1v) is 8.26. The van der Waals surface area contributed by atoms with Crippen LogP contribution in [-0.4, -0.2) is 51.1 Å². The first-order valence-electron chi connectivity index (χ1n) is 7.07. The number of hydrogen-bond acceptors (Lipinski definition) is 9. The molecule has 1 aromatic heterocycles. The minimum absolute atomic E-state index is 0.107. The van der Waals surface area contributed by atoms with E-state index in [0.29, 0.717) is 13.0 Å². The molecule has 1 fully saturated rings. The van der Waals surface area contributed by atoms with Crippen LogP contribution in [0.4, 0.5) is 11.4 Å². The minimum Gasteiger partial charge on any atom is -0.499 e. The van der Waals surface area contributed by atoms with E-state index in [1.165, 1.54) is 4.90 Å². The maximum absolute atomic E-state index is 11.3. The molecule has 138 valence electrons. The van der Waals surface area contributed by atoms with Gasteiger partial charge < -0.3 is 19.8 Å². The highest BCUT2D eigenvalue weighted by atomic mass is 35.5. The number of phenols is 2. The van der Waals surface area contributed by atoms with Gasteiger partial charge in [-0.2, -0.15) is 0 Å². The van der Waals surface area contributed by atoms with Crippen molar-refractivity contribution in [2.24, 2.45) is 0 Å². The number of aromatic hydroxyl groups is 2. The molecule has 1 atom stereocenters. The molecule has 2 aromatic rings. The number of thiophene rings is 1. The van der Waals surface area contributed by atoms with Gasteiger partial charge in [-0.25, -0.2) is 0 Å². The molecule has 2 heterocycles. The zero-order chi connectivity index (χ0) is 19.2. The first-order chi connectivity index (χ1) is 12.3. The van der Waals surface area contributed by atoms with E-state index in [-0.39, 0.29) is 33.1 Å². The predicted molar refractivity (Wildman–Crippen MR) is 89.8 cm³/mol. The Balaban J connectivity index is 2.32. The molecular weight excluding hydrogens is 394 g/mol. The molecule has 0 radical (unpaired) electrons. The Bertz CT molecular complexity index is 946. The molecule has 0 saturated carbocycles. The Morgan fingerprint density at radius 2 is 1.85 bits per heavy atom. The van der Waals surface area contributed by atoms with E-state index in [0.717, 1.165) is 11.3 Å². The van der Waals surface area contributed by atoms with Gasteiger partial charge in [0.15, 0.2) is 0 Å². The third kappa shape index (κ3) is 2.67. The van der Waals surface area contributed by atoms with Crippen LogP contribution in [0.25, 0.3) is 10.1 Å². The number of morpholine rings is 1. The number of carbonyl (C=O) groups is 1. The number of ether oxygens (including phenoxy) is 1. The molecule has 1 aliphatic rings. The van der Waals surface area contributed by atoms with Crippen molar-refractivity contribution in [1.82, 2.24) is 4.90 Å². The number of hydrogen-bond donors (Lipinski definition) is 2. The normalized spacial score (nSPS) is 17.4. The second-order valence-electron chi connectivity index (χ2n) is 5.35. The molecule has 1 saturated heterocycles. The van der Waals surface area contributed by atoms with Crippen LogP contribution in [0.3, 0.4) is 0 Å². The fraction of sp³-hybridized carbons (Fsp3) is 0.308. The third-order valence-corrected chi connectivity index (χ3v) is 5.70. The lowest BCUT2D eigenvalue weighted by Gasteiger charge is -2.29. The van der Waals surface area contributed by atoms with Crippen molar-refractivity contribution in [2.45, 2.75) is 6.10 Å². The van der Waals surface area contributed by atoms with Crippen LogP contribution in [0.2, 0.25) is 5.02 Å². The predicted octanol–water partition coefficient (Wildman–Crippen LogP) is 2.31. The fourth-order valence-corrected chi connectivity index (χ4v) is 4.47. The highest BCUT2D eigenvalue weighted by molar-refractivity contribution is 7.20. The van der Waals surface area contributed by atoms with Crippen LogP contribution in [-0.2, 0) is 9.53 Å². The number of nitrogens with zero attached hydrogens (tertiary/aromatic N) is 3. The van der Waals surface area contributed by atoms with Crippen molar-refractivity contribution in [1.29, 1.82) is 0 Å². The Kier molecular flexibility index (Phi) is 4.56. The van der Waals surface area contributed by atoms with E-state index in [4.69, 9.17) is 16.3 Å². The molecule has 26 heavy (non-hydrogen) atoms. The van der Waals surface area contributed by atoms with Crippen LogP contribution in [0, 0.1) is 20.2 Å². The number of nitro groups is 2. The molecule has 1 aliphatic heterocycles. The van der Waals surface area contributed by atoms with Crippen LogP contribution >= 0.6 is 22.9 Å². The number of carbonyl (C=O) groups excluding carboxylic acids is 1. The van der Waals surface area contributed by atoms with E-state index < -0.39 is 38.8 Å². The standard InChI is InChI=1S/C13H10ClN3O8S/c14-7-6-8(16(21)22)10(19)11(20)9(17(23)24)13(6)26-12(7)5-3-15(4-18)1-2-25-5/h4-5,19-20H,1-3H2. The second kappa shape index (κ2) is 6.55. The molecular formula is C13H10ClN3O8S. The number of phenolic OH excluding ortho intramolecular Hbond substituents is 2. The minimum atomic E-state index is -1.24. The summed E-state index contributed by atoms with van der Waals surface area (Å²) in [6.07, 6.45) is -0.137. The molecule has 13 heteroatoms. The van der Waals surface area contributed by atoms with Gasteiger partial charge in [0.25, 0.3) is 0 Å². The van der Waals surface area contributed by atoms with Gasteiger partial charge in [0.2, 0.25) is 17.9 Å². The lowest BCUT2D eigenvalue weighted by molar-refractivity contribution is -0.387. The maximum Gasteiger partial charge on any atom is 0.332 e. The summed E-state index contributed by atoms with van der Waals surface area (Å²) in [5.74, 6) is -2.45. The summed E-state index contributed by atoms with van der Waals surface area (Å²) in [5.41, 5.74) is -1.82. The van der Waals surface area contributed by atoms with Crippen molar-refractivity contribution in [3.63, 3.8) is 0 Å². The van der Waals surface area contributed by atoms with E-state index in [1.54, 1.807) is 0 Å². The van der Waals surface area contributed by atoms with Gasteiger partial charge in [-0.15, -0.1) is 11.3 Å². The Morgan fingerprint density at radius 1 is 1.23 bits per heavy atom. The van der Waals surface area contributed by atoms with Gasteiger partial charge in [-0.1, -0.05) is 11.6 Å². The Morgan fingerprint density at radius 3 is 2.42 bits per heavy atom. The van der Waals surface area contributed by atoms with Crippen LogP contribution in [0.5, 0.6) is 11.5 Å². The lowest BCUT2D eigenvalue weighted by Crippen LogP contribution is -2.37. The van der Waals surface area contributed by atoms with Gasteiger partial charge in [-0.3, -0.25) is 25.0 Å². The highest BCUT2D eigenvalue weighted by Gasteiger charge is 2.38. The largest absolute Gasteiger partial charge is 0.499 e. The van der Waals surface area contributed by atoms with Crippen molar-refractivity contribution < 1.29 is 29.6 Å². The van der Waals surface area contributed by atoms with Gasteiger partial charge in [-0.05, 0) is 0 Å². The summed E-state index contributed by atoms with van der Waals surface area (Å²) >= 11 is 6.97. The maximum atomic E-state index is 11.3. The summed E-state index contributed by atoms with van der Waals surface area (Å²) in [6.45, 7) is 0.647. The summed E-state index contributed by atoms with van der Waals surface area (Å²) in [4.78, 5) is 33.3. The Hall–Kier alpha value is -2.70. The number of fused-ring (bicyclic) bond motifs is 1. The first kappa shape index (κ1) is 18.1. The summed E-state index contributed by atoms with van der Waals surface area (Å²) in [7, 11) is 0. The lowest BCUT2D eigenvalue weighted by atomic mass is 10.1. The molecule has 0 aliphatic carbocycles. The topological polar surface area (TPSA) is 156 Å². The molecule has 0 bridgehead atoms. The van der Waals surface area contributed by atoms with Crippen molar-refractivity contribution in [3.05, 3.63) is 30.1 Å². The Labute approximate surface area is 153 Å². The molecule has 3 rings (SSSR count). The zero-order valence-corrected chi connectivity index (χ0v) is 14.3. The van der Waals surface area contributed by atoms with Gasteiger partial charge >= 0.3 is 11.4 Å². The van der Waals surface area contributed by atoms with Crippen molar-refractivity contribution >= 4 is 50.8 Å². The second-order valence-corrected chi connectivity index (χ2v) is 6.78. The van der Waals surface area contributed by atoms with Gasteiger partial charge in [0.1, 0.15) is 16.2 Å². The highest BCUT2D eigenvalue weighted by Crippen LogP contribution is 2.55. The van der Waals surface area contributed by atoms with Crippen LogP contribution < -0.4 is 0 Å². The smallest absolute Gasteiger partial charge is 0.332 e. The van der Waals surface area contributed by atoms with Crippen LogP contribution in [0.15, 0.2) is 0 Å². The average molecular weight is 404 g/mol. The monoisotopic (exact) mass is 403 g/mol. The molecule has 0 spiro atoms. The number of benzene rings is 1. The summed E-state index contributed by atoms with van der Waals surface area (Å²) < 4.78 is 5.27. The molecule has 2 N–H and O–H groups in total. The average Bonchev–Trinajstić information content (AvgIpc) is 2.92. The van der Waals surface area contributed by atoms with Gasteiger partial charge in [0.05, 0.1) is 32.9 Å². The number of rotatable bonds is 4. The quantitative estimate of drug-likeness (QED) is 0.340. The van der Waals surface area contributed by atoms with Crippen molar-refractivity contribution in [2.75, 3.05) is 19.7 Å². The summed E-state index contributed by atoms with van der Waals surface area (Å²) in [6, 6.07) is 0. The van der Waals surface area contributed by atoms with Gasteiger partial charge in [0, 0.05) is 6.54 Å².